The Bertz CT molecular complexity index is 738. The van der Waals surface area contributed by atoms with E-state index in [1.165, 1.54) is 12.1 Å². The highest BCUT2D eigenvalue weighted by Crippen LogP contribution is 2.26. The van der Waals surface area contributed by atoms with Gasteiger partial charge in [-0.05, 0) is 49.4 Å². The van der Waals surface area contributed by atoms with Crippen LogP contribution in [-0.4, -0.2) is 16.8 Å². The predicted molar refractivity (Wildman–Crippen MR) is 76.3 cm³/mol. The van der Waals surface area contributed by atoms with Gasteiger partial charge in [0.15, 0.2) is 0 Å². The minimum Gasteiger partial charge on any atom is -0.494 e. The number of aromatic nitrogens is 2. The number of hydrogen-bond acceptors (Lipinski definition) is 4. The van der Waals surface area contributed by atoms with E-state index in [4.69, 9.17) is 9.15 Å². The van der Waals surface area contributed by atoms with Gasteiger partial charge < -0.3 is 9.15 Å². The highest BCUT2D eigenvalue weighted by atomic mass is 19.1. The van der Waals surface area contributed by atoms with Crippen LogP contribution in [0.2, 0.25) is 0 Å². The van der Waals surface area contributed by atoms with Crippen molar-refractivity contribution in [2.24, 2.45) is 0 Å². The molecule has 0 aliphatic heterocycles. The smallest absolute Gasteiger partial charge is 0.248 e. The normalized spacial score (nSPS) is 10.6. The molecular formula is C16H13FN2O2. The van der Waals surface area contributed by atoms with Crippen molar-refractivity contribution in [2.45, 2.75) is 6.92 Å². The van der Waals surface area contributed by atoms with Gasteiger partial charge in [-0.25, -0.2) is 4.39 Å². The molecule has 0 unspecified atom stereocenters. The Morgan fingerprint density at radius 3 is 2.43 bits per heavy atom. The summed E-state index contributed by atoms with van der Waals surface area (Å²) in [7, 11) is 0. The second kappa shape index (κ2) is 5.75. The summed E-state index contributed by atoms with van der Waals surface area (Å²) in [5.41, 5.74) is 1.46. The van der Waals surface area contributed by atoms with Crippen LogP contribution in [0.5, 0.6) is 5.75 Å². The maximum absolute atomic E-state index is 12.9. The van der Waals surface area contributed by atoms with Crippen LogP contribution in [0.15, 0.2) is 52.9 Å². The minimum absolute atomic E-state index is 0.303. The zero-order valence-electron chi connectivity index (χ0n) is 11.4. The summed E-state index contributed by atoms with van der Waals surface area (Å²) < 4.78 is 24.0. The van der Waals surface area contributed by atoms with E-state index in [1.54, 1.807) is 12.1 Å². The second-order valence-corrected chi connectivity index (χ2v) is 4.38. The molecule has 3 rings (SSSR count). The quantitative estimate of drug-likeness (QED) is 0.728. The highest BCUT2D eigenvalue weighted by molar-refractivity contribution is 5.59. The fraction of sp³-hybridized carbons (Fsp3) is 0.125. The van der Waals surface area contributed by atoms with Crippen molar-refractivity contribution in [1.29, 1.82) is 0 Å². The molecule has 5 heteroatoms. The van der Waals surface area contributed by atoms with Crippen LogP contribution < -0.4 is 4.74 Å². The molecule has 3 aromatic rings. The van der Waals surface area contributed by atoms with Gasteiger partial charge in [0.05, 0.1) is 6.61 Å². The largest absolute Gasteiger partial charge is 0.494 e. The van der Waals surface area contributed by atoms with E-state index in [0.29, 0.717) is 24.0 Å². The Morgan fingerprint density at radius 1 is 1.00 bits per heavy atom. The molecule has 0 aliphatic rings. The molecule has 0 saturated heterocycles. The summed E-state index contributed by atoms with van der Waals surface area (Å²) in [4.78, 5) is 0. The van der Waals surface area contributed by atoms with Gasteiger partial charge in [-0.2, -0.15) is 0 Å². The van der Waals surface area contributed by atoms with E-state index in [9.17, 15) is 4.39 Å². The van der Waals surface area contributed by atoms with Crippen molar-refractivity contribution >= 4 is 0 Å². The van der Waals surface area contributed by atoms with Crippen LogP contribution in [-0.2, 0) is 0 Å². The zero-order valence-corrected chi connectivity index (χ0v) is 11.4. The third-order valence-electron chi connectivity index (χ3n) is 2.91. The molecule has 1 heterocycles. The molecular weight excluding hydrogens is 271 g/mol. The van der Waals surface area contributed by atoms with Gasteiger partial charge in [0.1, 0.15) is 11.6 Å². The summed E-state index contributed by atoms with van der Waals surface area (Å²) in [6, 6.07) is 13.3. The number of halogens is 1. The monoisotopic (exact) mass is 284 g/mol. The highest BCUT2D eigenvalue weighted by Gasteiger charge is 2.11. The molecule has 0 amide bonds. The second-order valence-electron chi connectivity index (χ2n) is 4.38. The van der Waals surface area contributed by atoms with E-state index in [2.05, 4.69) is 10.2 Å². The van der Waals surface area contributed by atoms with Gasteiger partial charge in [-0.15, -0.1) is 10.2 Å². The van der Waals surface area contributed by atoms with E-state index >= 15 is 0 Å². The molecule has 0 N–H and O–H groups in total. The molecule has 2 aromatic carbocycles. The van der Waals surface area contributed by atoms with Crippen molar-refractivity contribution < 1.29 is 13.5 Å². The Morgan fingerprint density at radius 2 is 1.71 bits per heavy atom. The van der Waals surface area contributed by atoms with Gasteiger partial charge in [0.2, 0.25) is 11.8 Å². The maximum atomic E-state index is 12.9. The van der Waals surface area contributed by atoms with Gasteiger partial charge in [-0.3, -0.25) is 0 Å². The van der Waals surface area contributed by atoms with E-state index in [0.717, 1.165) is 11.3 Å². The first kappa shape index (κ1) is 13.3. The molecule has 0 fully saturated rings. The van der Waals surface area contributed by atoms with Crippen molar-refractivity contribution in [3.05, 3.63) is 54.3 Å². The summed E-state index contributed by atoms with van der Waals surface area (Å²) >= 11 is 0. The van der Waals surface area contributed by atoms with Crippen molar-refractivity contribution in [3.8, 4) is 28.7 Å². The lowest BCUT2D eigenvalue weighted by Crippen LogP contribution is -1.91. The first-order valence-corrected chi connectivity index (χ1v) is 6.59. The van der Waals surface area contributed by atoms with Crippen LogP contribution in [0.1, 0.15) is 6.92 Å². The molecule has 4 nitrogen and oxygen atoms in total. The van der Waals surface area contributed by atoms with E-state index < -0.39 is 0 Å². The van der Waals surface area contributed by atoms with Crippen LogP contribution >= 0.6 is 0 Å². The summed E-state index contributed by atoms with van der Waals surface area (Å²) in [6.07, 6.45) is 0. The molecule has 0 aliphatic carbocycles. The molecule has 0 radical (unpaired) electrons. The van der Waals surface area contributed by atoms with Crippen molar-refractivity contribution in [2.75, 3.05) is 6.61 Å². The van der Waals surface area contributed by atoms with Gasteiger partial charge in [-0.1, -0.05) is 6.07 Å². The minimum atomic E-state index is -0.303. The van der Waals surface area contributed by atoms with E-state index in [-0.39, 0.29) is 5.82 Å². The molecule has 21 heavy (non-hydrogen) atoms. The SMILES string of the molecule is CCOc1cccc(-c2nnc(-c3ccc(F)cc3)o2)c1. The zero-order chi connectivity index (χ0) is 14.7. The van der Waals surface area contributed by atoms with Crippen molar-refractivity contribution in [1.82, 2.24) is 10.2 Å². The maximum Gasteiger partial charge on any atom is 0.248 e. The van der Waals surface area contributed by atoms with Crippen LogP contribution in [0, 0.1) is 5.82 Å². The number of benzene rings is 2. The summed E-state index contributed by atoms with van der Waals surface area (Å²) in [5.74, 6) is 1.20. The third kappa shape index (κ3) is 2.91. The Balaban J connectivity index is 1.91. The average Bonchev–Trinajstić information content (AvgIpc) is 2.98. The number of rotatable bonds is 4. The summed E-state index contributed by atoms with van der Waals surface area (Å²) in [5, 5.41) is 8.01. The molecule has 106 valence electrons. The number of nitrogens with zero attached hydrogens (tertiary/aromatic N) is 2. The number of ether oxygens (including phenoxy) is 1. The third-order valence-corrected chi connectivity index (χ3v) is 2.91. The fourth-order valence-electron chi connectivity index (χ4n) is 1.93. The Hall–Kier alpha value is -2.69. The Labute approximate surface area is 121 Å². The molecule has 1 aromatic heterocycles. The molecule has 0 bridgehead atoms. The lowest BCUT2D eigenvalue weighted by atomic mass is 10.2. The lowest BCUT2D eigenvalue weighted by molar-refractivity contribution is 0.340. The van der Waals surface area contributed by atoms with Crippen molar-refractivity contribution in [3.63, 3.8) is 0 Å². The molecule has 0 spiro atoms. The average molecular weight is 284 g/mol. The first-order valence-electron chi connectivity index (χ1n) is 6.59. The van der Waals surface area contributed by atoms with Gasteiger partial charge in [0.25, 0.3) is 0 Å². The van der Waals surface area contributed by atoms with Gasteiger partial charge in [0, 0.05) is 11.1 Å². The fourth-order valence-corrected chi connectivity index (χ4v) is 1.93. The lowest BCUT2D eigenvalue weighted by Gasteiger charge is -2.03. The Kier molecular flexibility index (Phi) is 3.64. The van der Waals surface area contributed by atoms with Crippen LogP contribution in [0.4, 0.5) is 4.39 Å². The number of hydrogen-bond donors (Lipinski definition) is 0. The summed E-state index contributed by atoms with van der Waals surface area (Å²) in [6.45, 7) is 2.51. The predicted octanol–water partition coefficient (Wildman–Crippen LogP) is 3.94. The molecule has 0 saturated carbocycles. The molecule has 0 atom stereocenters. The topological polar surface area (TPSA) is 48.2 Å². The van der Waals surface area contributed by atoms with Crippen LogP contribution in [0.25, 0.3) is 22.9 Å². The first-order chi connectivity index (χ1) is 10.3. The standard InChI is InChI=1S/C16H13FN2O2/c1-2-20-14-5-3-4-12(10-14)16-19-18-15(21-16)11-6-8-13(17)9-7-11/h3-10H,2H2,1H3. The van der Waals surface area contributed by atoms with Gasteiger partial charge >= 0.3 is 0 Å². The van der Waals surface area contributed by atoms with Crippen LogP contribution in [0.3, 0.4) is 0 Å². The van der Waals surface area contributed by atoms with E-state index in [1.807, 2.05) is 31.2 Å².